The van der Waals surface area contributed by atoms with Crippen molar-refractivity contribution in [3.8, 4) is 0 Å². The van der Waals surface area contributed by atoms with Gasteiger partial charge in [0.1, 0.15) is 0 Å². The molecule has 27 heavy (non-hydrogen) atoms. The van der Waals surface area contributed by atoms with Crippen molar-refractivity contribution >= 4 is 15.9 Å². The molecule has 1 aliphatic rings. The molecule has 1 aromatic carbocycles. The Morgan fingerprint density at radius 3 is 2.56 bits per heavy atom. The van der Waals surface area contributed by atoms with Crippen LogP contribution in [0, 0.1) is 6.92 Å². The predicted molar refractivity (Wildman–Crippen MR) is 102 cm³/mol. The van der Waals surface area contributed by atoms with Crippen LogP contribution in [0.5, 0.6) is 0 Å². The molecule has 1 atom stereocenters. The van der Waals surface area contributed by atoms with Crippen LogP contribution >= 0.6 is 0 Å². The van der Waals surface area contributed by atoms with E-state index in [2.05, 4.69) is 10.0 Å². The van der Waals surface area contributed by atoms with Crippen LogP contribution in [-0.4, -0.2) is 38.1 Å². The van der Waals surface area contributed by atoms with Gasteiger partial charge in [-0.05, 0) is 56.2 Å². The van der Waals surface area contributed by atoms with Crippen molar-refractivity contribution < 1.29 is 17.9 Å². The molecule has 0 saturated carbocycles. The average Bonchev–Trinajstić information content (AvgIpc) is 3.29. The van der Waals surface area contributed by atoms with E-state index >= 15 is 0 Å². The Bertz CT molecular complexity index is 898. The van der Waals surface area contributed by atoms with E-state index < -0.39 is 10.0 Å². The number of carbonyl (C=O) groups is 1. The average molecular weight is 391 g/mol. The first-order chi connectivity index (χ1) is 12.9. The van der Waals surface area contributed by atoms with Gasteiger partial charge >= 0.3 is 0 Å². The monoisotopic (exact) mass is 391 g/mol. The Hall–Kier alpha value is -2.16. The lowest BCUT2D eigenvalue weighted by atomic mass is 10.2. The maximum Gasteiger partial charge on any atom is 0.251 e. The van der Waals surface area contributed by atoms with E-state index in [9.17, 15) is 13.2 Å². The van der Waals surface area contributed by atoms with Gasteiger partial charge in [-0.25, -0.2) is 13.1 Å². The fraction of sp³-hybridized carbons (Fsp3) is 0.421. The lowest BCUT2D eigenvalue weighted by Crippen LogP contribution is -2.31. The van der Waals surface area contributed by atoms with Crippen LogP contribution in [0.4, 0.5) is 0 Å². The molecule has 1 aliphatic heterocycles. The number of aryl methyl sites for hydroxylation is 1. The predicted octanol–water partition coefficient (Wildman–Crippen LogP) is 1.72. The summed E-state index contributed by atoms with van der Waals surface area (Å²) in [4.78, 5) is 12.4. The summed E-state index contributed by atoms with van der Waals surface area (Å²) in [7, 11) is -1.67. The van der Waals surface area contributed by atoms with Gasteiger partial charge in [0.15, 0.2) is 0 Å². The number of nitrogens with one attached hydrogen (secondary N) is 2. The third-order valence-electron chi connectivity index (χ3n) is 4.86. The lowest BCUT2D eigenvalue weighted by molar-refractivity contribution is 0.0950. The smallest absolute Gasteiger partial charge is 0.251 e. The number of nitrogens with zero attached hydrogens (tertiary/aromatic N) is 1. The largest absolute Gasteiger partial charge is 0.377 e. The van der Waals surface area contributed by atoms with Crippen LogP contribution < -0.4 is 10.0 Å². The Kier molecular flexibility index (Phi) is 5.98. The molecule has 0 spiro atoms. The normalized spacial score (nSPS) is 17.2. The summed E-state index contributed by atoms with van der Waals surface area (Å²) < 4.78 is 34.7. The van der Waals surface area contributed by atoms with Gasteiger partial charge in [-0.1, -0.05) is 0 Å². The Morgan fingerprint density at radius 1 is 1.22 bits per heavy atom. The van der Waals surface area contributed by atoms with Crippen molar-refractivity contribution in [2.24, 2.45) is 7.05 Å². The van der Waals surface area contributed by atoms with Gasteiger partial charge in [0.25, 0.3) is 5.91 Å². The molecule has 2 N–H and O–H groups in total. The van der Waals surface area contributed by atoms with E-state index in [1.165, 1.54) is 24.3 Å². The number of hydrogen-bond donors (Lipinski definition) is 2. The summed E-state index contributed by atoms with van der Waals surface area (Å²) in [5, 5.41) is 2.85. The first-order valence-electron chi connectivity index (χ1n) is 8.97. The summed E-state index contributed by atoms with van der Waals surface area (Å²) in [6.07, 6.45) is 1.76. The van der Waals surface area contributed by atoms with Gasteiger partial charge < -0.3 is 14.6 Å². The van der Waals surface area contributed by atoms with Gasteiger partial charge in [-0.15, -0.1) is 0 Å². The quantitative estimate of drug-likeness (QED) is 0.752. The van der Waals surface area contributed by atoms with Crippen LogP contribution in [-0.2, 0) is 28.4 Å². The number of ether oxygens (including phenoxy) is 1. The second kappa shape index (κ2) is 8.24. The fourth-order valence-corrected chi connectivity index (χ4v) is 4.06. The van der Waals surface area contributed by atoms with E-state index in [0.717, 1.165) is 24.2 Å². The van der Waals surface area contributed by atoms with E-state index in [1.54, 1.807) is 0 Å². The van der Waals surface area contributed by atoms with Crippen molar-refractivity contribution in [1.29, 1.82) is 0 Å². The van der Waals surface area contributed by atoms with Crippen LogP contribution in [0.3, 0.4) is 0 Å². The van der Waals surface area contributed by atoms with E-state index in [4.69, 9.17) is 4.74 Å². The van der Waals surface area contributed by atoms with Crippen molar-refractivity contribution in [2.75, 3.05) is 13.2 Å². The summed E-state index contributed by atoms with van der Waals surface area (Å²) in [6, 6.07) is 9.88. The first-order valence-corrected chi connectivity index (χ1v) is 10.5. The highest BCUT2D eigenvalue weighted by Gasteiger charge is 2.20. The number of carbonyl (C=O) groups excluding carboxylic acids is 1. The molecular weight excluding hydrogens is 366 g/mol. The van der Waals surface area contributed by atoms with Crippen molar-refractivity contribution in [1.82, 2.24) is 14.6 Å². The number of benzene rings is 1. The van der Waals surface area contributed by atoms with Crippen molar-refractivity contribution in [3.63, 3.8) is 0 Å². The topological polar surface area (TPSA) is 89.4 Å². The molecule has 0 radical (unpaired) electrons. The number of rotatable bonds is 7. The van der Waals surface area contributed by atoms with Crippen molar-refractivity contribution in [3.05, 3.63) is 53.3 Å². The lowest BCUT2D eigenvalue weighted by Gasteiger charge is -2.12. The molecule has 0 aliphatic carbocycles. The molecule has 1 fully saturated rings. The fourth-order valence-electron chi connectivity index (χ4n) is 2.99. The molecule has 1 saturated heterocycles. The van der Waals surface area contributed by atoms with E-state index in [-0.39, 0.29) is 23.5 Å². The van der Waals surface area contributed by atoms with Gasteiger partial charge in [0.05, 0.1) is 17.5 Å². The van der Waals surface area contributed by atoms with Crippen LogP contribution in [0.25, 0.3) is 0 Å². The molecule has 1 unspecified atom stereocenters. The molecule has 1 amide bonds. The standard InChI is InChI=1S/C19H25N3O4S/c1-14-5-8-16(22(14)2)12-20-19(23)15-6-9-18(10-7-15)27(24,25)21-13-17-4-3-11-26-17/h5-10,17,21H,3-4,11-13H2,1-2H3,(H,20,23). The molecule has 3 rings (SSSR count). The van der Waals surface area contributed by atoms with Gasteiger partial charge in [0.2, 0.25) is 10.0 Å². The summed E-state index contributed by atoms with van der Waals surface area (Å²) >= 11 is 0. The number of sulfonamides is 1. The number of amides is 1. The second-order valence-corrected chi connectivity index (χ2v) is 8.49. The molecular formula is C19H25N3O4S. The van der Waals surface area contributed by atoms with E-state index in [1.807, 2.05) is 30.7 Å². The molecule has 146 valence electrons. The molecule has 1 aromatic heterocycles. The zero-order valence-electron chi connectivity index (χ0n) is 15.6. The van der Waals surface area contributed by atoms with Crippen molar-refractivity contribution in [2.45, 2.75) is 37.3 Å². The van der Waals surface area contributed by atoms with Gasteiger partial charge in [0, 0.05) is 37.2 Å². The molecule has 2 heterocycles. The minimum atomic E-state index is -3.61. The summed E-state index contributed by atoms with van der Waals surface area (Å²) in [5.41, 5.74) is 2.53. The minimum absolute atomic E-state index is 0.0639. The maximum atomic E-state index is 12.4. The molecule has 7 nitrogen and oxygen atoms in total. The highest BCUT2D eigenvalue weighted by molar-refractivity contribution is 7.89. The SMILES string of the molecule is Cc1ccc(CNC(=O)c2ccc(S(=O)(=O)NCC3CCCO3)cc2)n1C. The highest BCUT2D eigenvalue weighted by atomic mass is 32.2. The third-order valence-corrected chi connectivity index (χ3v) is 6.30. The molecule has 0 bridgehead atoms. The number of hydrogen-bond acceptors (Lipinski definition) is 4. The van der Waals surface area contributed by atoms with Gasteiger partial charge in [-0.2, -0.15) is 0 Å². The summed E-state index contributed by atoms with van der Waals surface area (Å²) in [6.45, 7) is 3.35. The Labute approximate surface area is 159 Å². The van der Waals surface area contributed by atoms with E-state index in [0.29, 0.717) is 18.7 Å². The Balaban J connectivity index is 1.58. The Morgan fingerprint density at radius 2 is 1.96 bits per heavy atom. The third kappa shape index (κ3) is 4.77. The molecule has 2 aromatic rings. The zero-order chi connectivity index (χ0) is 19.4. The molecule has 8 heteroatoms. The van der Waals surface area contributed by atoms with Crippen LogP contribution in [0.15, 0.2) is 41.3 Å². The summed E-state index contributed by atoms with van der Waals surface area (Å²) in [5.74, 6) is -0.245. The zero-order valence-corrected chi connectivity index (χ0v) is 16.4. The minimum Gasteiger partial charge on any atom is -0.377 e. The van der Waals surface area contributed by atoms with Crippen LogP contribution in [0.1, 0.15) is 34.6 Å². The second-order valence-electron chi connectivity index (χ2n) is 6.72. The maximum absolute atomic E-state index is 12.4. The van der Waals surface area contributed by atoms with Gasteiger partial charge in [-0.3, -0.25) is 4.79 Å². The first kappa shape index (κ1) is 19.6. The number of aromatic nitrogens is 1. The van der Waals surface area contributed by atoms with Crippen LogP contribution in [0.2, 0.25) is 0 Å². The highest BCUT2D eigenvalue weighted by Crippen LogP contribution is 2.14.